The first kappa shape index (κ1) is 23.7. The van der Waals surface area contributed by atoms with Crippen LogP contribution in [0.25, 0.3) is 10.6 Å². The van der Waals surface area contributed by atoms with Crippen molar-refractivity contribution in [1.82, 2.24) is 14.8 Å². The van der Waals surface area contributed by atoms with Gasteiger partial charge in [0.25, 0.3) is 5.91 Å². The fourth-order valence-corrected chi connectivity index (χ4v) is 5.02. The Balaban J connectivity index is 1.76. The Labute approximate surface area is 202 Å². The summed E-state index contributed by atoms with van der Waals surface area (Å²) in [4.78, 5) is 35.4. The summed E-state index contributed by atoms with van der Waals surface area (Å²) in [5.74, 6) is -0.758. The number of likely N-dealkylation sites (N-methyl/N-ethyl adjacent to an activating group) is 1. The van der Waals surface area contributed by atoms with Crippen LogP contribution in [0.3, 0.4) is 0 Å². The van der Waals surface area contributed by atoms with E-state index >= 15 is 0 Å². The highest BCUT2D eigenvalue weighted by Gasteiger charge is 2.44. The summed E-state index contributed by atoms with van der Waals surface area (Å²) in [5, 5.41) is 11.6. The molecule has 1 aromatic heterocycles. The summed E-state index contributed by atoms with van der Waals surface area (Å²) in [7, 11) is 5.40. The van der Waals surface area contributed by atoms with Crippen molar-refractivity contribution in [3.8, 4) is 16.3 Å². The Morgan fingerprint density at radius 1 is 1.15 bits per heavy atom. The van der Waals surface area contributed by atoms with Crippen LogP contribution in [0.2, 0.25) is 0 Å². The van der Waals surface area contributed by atoms with Crippen LogP contribution >= 0.6 is 11.3 Å². The first-order valence-corrected chi connectivity index (χ1v) is 11.7. The molecule has 1 atom stereocenters. The maximum Gasteiger partial charge on any atom is 0.290 e. The number of ketones is 1. The molecule has 0 spiro atoms. The Hall–Kier alpha value is -3.49. The number of nitrogens with zero attached hydrogens (tertiary/aromatic N) is 3. The minimum atomic E-state index is -0.701. The molecular formula is C26H27N3O4S. The first-order chi connectivity index (χ1) is 16.3. The normalized spacial score (nSPS) is 16.0. The summed E-state index contributed by atoms with van der Waals surface area (Å²) in [6.45, 7) is 2.72. The summed E-state index contributed by atoms with van der Waals surface area (Å²) >= 11 is 1.27. The maximum absolute atomic E-state index is 13.8. The number of ether oxygens (including phenoxy) is 1. The molecule has 8 heteroatoms. The number of amides is 1. The van der Waals surface area contributed by atoms with E-state index in [1.165, 1.54) is 11.3 Å². The van der Waals surface area contributed by atoms with E-state index < -0.39 is 17.7 Å². The van der Waals surface area contributed by atoms with Gasteiger partial charge < -0.3 is 19.6 Å². The fraction of sp³-hybridized carbons (Fsp3) is 0.269. The van der Waals surface area contributed by atoms with Crippen LogP contribution in [0.1, 0.15) is 27.0 Å². The number of hydrogen-bond donors (Lipinski definition) is 1. The zero-order valence-electron chi connectivity index (χ0n) is 19.6. The molecule has 3 aromatic rings. The number of carbonyl (C=O) groups is 2. The zero-order valence-corrected chi connectivity index (χ0v) is 20.4. The Kier molecular flexibility index (Phi) is 6.81. The molecule has 0 bridgehead atoms. The van der Waals surface area contributed by atoms with Gasteiger partial charge in [0, 0.05) is 18.7 Å². The second-order valence-corrected chi connectivity index (χ2v) is 9.37. The van der Waals surface area contributed by atoms with Gasteiger partial charge in [-0.05, 0) is 38.7 Å². The highest BCUT2D eigenvalue weighted by atomic mass is 32.1. The van der Waals surface area contributed by atoms with E-state index in [9.17, 15) is 14.7 Å². The average Bonchev–Trinajstić information content (AvgIpc) is 3.35. The van der Waals surface area contributed by atoms with E-state index in [0.717, 1.165) is 16.1 Å². The molecule has 2 heterocycles. The van der Waals surface area contributed by atoms with Crippen LogP contribution in [0.15, 0.2) is 65.9 Å². The van der Waals surface area contributed by atoms with Crippen molar-refractivity contribution in [2.75, 3.05) is 34.3 Å². The Bertz CT molecular complexity index is 1230. The fourth-order valence-electron chi connectivity index (χ4n) is 3.99. The zero-order chi connectivity index (χ0) is 24.4. The average molecular weight is 478 g/mol. The number of Topliss-reactive ketones (excluding diaryl/α,β-unsaturated/α-hetero) is 1. The van der Waals surface area contributed by atoms with Gasteiger partial charge in [0.1, 0.15) is 10.8 Å². The number of aromatic nitrogens is 1. The molecule has 7 nitrogen and oxygen atoms in total. The minimum absolute atomic E-state index is 0.0836. The third kappa shape index (κ3) is 4.47. The number of aliphatic hydroxyl groups is 1. The van der Waals surface area contributed by atoms with Crippen molar-refractivity contribution in [3.05, 3.63) is 82.1 Å². The van der Waals surface area contributed by atoms with Gasteiger partial charge in [-0.15, -0.1) is 11.3 Å². The lowest BCUT2D eigenvalue weighted by atomic mass is 9.95. The number of carbonyl (C=O) groups excluding carboxylic acids is 2. The van der Waals surface area contributed by atoms with Crippen LogP contribution in [-0.4, -0.2) is 65.9 Å². The van der Waals surface area contributed by atoms with Gasteiger partial charge >= 0.3 is 0 Å². The van der Waals surface area contributed by atoms with E-state index in [0.29, 0.717) is 29.4 Å². The van der Waals surface area contributed by atoms with Crippen molar-refractivity contribution < 1.29 is 19.4 Å². The molecule has 0 saturated carbocycles. The SMILES string of the molecule is COc1ccc([C@@H]2C(C(=O)c3sc(-c4ccccc4)nc3C)=C(O)C(=O)N2CCN(C)C)cc1. The molecule has 176 valence electrons. The number of hydrogen-bond acceptors (Lipinski definition) is 7. The van der Waals surface area contributed by atoms with Crippen molar-refractivity contribution in [3.63, 3.8) is 0 Å². The Morgan fingerprint density at radius 3 is 2.44 bits per heavy atom. The first-order valence-electron chi connectivity index (χ1n) is 10.9. The standard InChI is InChI=1S/C26H27N3O4S/c1-16-24(34-25(27-16)18-8-6-5-7-9-18)22(30)20-21(17-10-12-19(33-4)13-11-17)29(15-14-28(2)3)26(32)23(20)31/h5-13,21,31H,14-15H2,1-4H3/t21-/m1/s1. The molecule has 0 radical (unpaired) electrons. The maximum atomic E-state index is 13.8. The molecule has 2 aromatic carbocycles. The van der Waals surface area contributed by atoms with Crippen molar-refractivity contribution >= 4 is 23.0 Å². The predicted molar refractivity (Wildman–Crippen MR) is 132 cm³/mol. The van der Waals surface area contributed by atoms with Crippen LogP contribution in [0.5, 0.6) is 5.75 Å². The van der Waals surface area contributed by atoms with Crippen LogP contribution in [0.4, 0.5) is 0 Å². The van der Waals surface area contributed by atoms with Gasteiger partial charge in [-0.2, -0.15) is 0 Å². The quantitative estimate of drug-likeness (QED) is 0.488. The van der Waals surface area contributed by atoms with Crippen LogP contribution in [-0.2, 0) is 4.79 Å². The second kappa shape index (κ2) is 9.79. The second-order valence-electron chi connectivity index (χ2n) is 8.37. The highest BCUT2D eigenvalue weighted by molar-refractivity contribution is 7.17. The van der Waals surface area contributed by atoms with Crippen molar-refractivity contribution in [1.29, 1.82) is 0 Å². The molecule has 0 fully saturated rings. The summed E-state index contributed by atoms with van der Waals surface area (Å²) < 4.78 is 5.26. The van der Waals surface area contributed by atoms with Crippen LogP contribution in [0, 0.1) is 6.92 Å². The Morgan fingerprint density at radius 2 is 1.82 bits per heavy atom. The molecular weight excluding hydrogens is 450 g/mol. The van der Waals surface area contributed by atoms with Crippen molar-refractivity contribution in [2.24, 2.45) is 0 Å². The molecule has 4 rings (SSSR count). The lowest BCUT2D eigenvalue weighted by Crippen LogP contribution is -2.36. The van der Waals surface area contributed by atoms with Gasteiger partial charge in [0.05, 0.1) is 29.3 Å². The van der Waals surface area contributed by atoms with Crippen molar-refractivity contribution in [2.45, 2.75) is 13.0 Å². The molecule has 1 aliphatic heterocycles. The number of aryl methyl sites for hydroxylation is 1. The number of rotatable bonds is 8. The number of benzene rings is 2. The lowest BCUT2D eigenvalue weighted by Gasteiger charge is -2.28. The van der Waals surface area contributed by atoms with Gasteiger partial charge in [0.15, 0.2) is 5.76 Å². The van der Waals surface area contributed by atoms with Gasteiger partial charge in [-0.3, -0.25) is 9.59 Å². The molecule has 1 amide bonds. The van der Waals surface area contributed by atoms with Gasteiger partial charge in [-0.1, -0.05) is 42.5 Å². The summed E-state index contributed by atoms with van der Waals surface area (Å²) in [6.07, 6.45) is 0. The number of methoxy groups -OCH3 is 1. The monoisotopic (exact) mass is 477 g/mol. The molecule has 0 aliphatic carbocycles. The molecule has 34 heavy (non-hydrogen) atoms. The van der Waals surface area contributed by atoms with E-state index in [1.54, 1.807) is 31.1 Å². The molecule has 0 saturated heterocycles. The van der Waals surface area contributed by atoms with Gasteiger partial charge in [-0.25, -0.2) is 4.98 Å². The smallest absolute Gasteiger partial charge is 0.290 e. The van der Waals surface area contributed by atoms with Crippen LogP contribution < -0.4 is 4.74 Å². The summed E-state index contributed by atoms with van der Waals surface area (Å²) in [6, 6.07) is 16.1. The minimum Gasteiger partial charge on any atom is -0.503 e. The summed E-state index contributed by atoms with van der Waals surface area (Å²) in [5.41, 5.74) is 2.29. The van der Waals surface area contributed by atoms with E-state index in [2.05, 4.69) is 4.98 Å². The van der Waals surface area contributed by atoms with E-state index in [4.69, 9.17) is 4.74 Å². The third-order valence-electron chi connectivity index (χ3n) is 5.79. The van der Waals surface area contributed by atoms with Gasteiger partial charge in [0.2, 0.25) is 5.78 Å². The predicted octanol–water partition coefficient (Wildman–Crippen LogP) is 4.27. The largest absolute Gasteiger partial charge is 0.503 e. The lowest BCUT2D eigenvalue weighted by molar-refractivity contribution is -0.129. The van der Waals surface area contributed by atoms with E-state index in [1.807, 2.05) is 61.5 Å². The molecule has 1 aliphatic rings. The molecule has 0 unspecified atom stereocenters. The van der Waals surface area contributed by atoms with E-state index in [-0.39, 0.29) is 11.4 Å². The number of aliphatic hydroxyl groups excluding tert-OH is 1. The topological polar surface area (TPSA) is 83.0 Å². The molecule has 1 N–H and O–H groups in total. The number of thiazole rings is 1. The third-order valence-corrected chi connectivity index (χ3v) is 7.00. The highest BCUT2D eigenvalue weighted by Crippen LogP contribution is 2.41.